The van der Waals surface area contributed by atoms with E-state index in [1.807, 2.05) is 0 Å². The van der Waals surface area contributed by atoms with Crippen LogP contribution in [0.2, 0.25) is 0 Å². The number of halogens is 1. The number of hydrogen-bond donors (Lipinski definition) is 0. The second kappa shape index (κ2) is 2.82. The third-order valence-electron chi connectivity index (χ3n) is 2.00. The lowest BCUT2D eigenvalue weighted by Crippen LogP contribution is -1.98. The summed E-state index contributed by atoms with van der Waals surface area (Å²) in [6.07, 6.45) is 5.49. The third-order valence-corrected chi connectivity index (χ3v) is 2.79. The average molecular weight is 209 g/mol. The minimum absolute atomic E-state index is 0.424. The normalized spacial score (nSPS) is 21.4. The monoisotopic (exact) mass is 208 g/mol. The van der Waals surface area contributed by atoms with Crippen molar-refractivity contribution in [3.8, 4) is 0 Å². The van der Waals surface area contributed by atoms with Gasteiger partial charge in [-0.15, -0.1) is 0 Å². The van der Waals surface area contributed by atoms with Crippen molar-refractivity contribution in [1.82, 2.24) is 0 Å². The van der Waals surface area contributed by atoms with E-state index in [4.69, 9.17) is 0 Å². The first-order valence-electron chi connectivity index (χ1n) is 3.76. The molecule has 11 heavy (non-hydrogen) atoms. The van der Waals surface area contributed by atoms with Crippen LogP contribution in [-0.2, 0) is 6.42 Å². The molecule has 0 bridgehead atoms. The molecule has 1 aliphatic carbocycles. The zero-order valence-electron chi connectivity index (χ0n) is 6.13. The Bertz CT molecular complexity index is 289. The first-order valence-corrected chi connectivity index (χ1v) is 4.68. The van der Waals surface area contributed by atoms with Gasteiger partial charge in [-0.3, -0.25) is 0 Å². The van der Waals surface area contributed by atoms with Crippen LogP contribution in [0, 0.1) is 0 Å². The van der Waals surface area contributed by atoms with Crippen LogP contribution in [0.4, 0.5) is 0 Å². The maximum absolute atomic E-state index is 3.60. The summed E-state index contributed by atoms with van der Waals surface area (Å²) < 4.78 is 0. The maximum Gasteiger partial charge on any atom is 0.0578 e. The summed E-state index contributed by atoms with van der Waals surface area (Å²) in [6.45, 7) is 0. The van der Waals surface area contributed by atoms with E-state index in [9.17, 15) is 0 Å². The van der Waals surface area contributed by atoms with E-state index in [1.165, 1.54) is 11.1 Å². The van der Waals surface area contributed by atoms with E-state index in [1.54, 1.807) is 0 Å². The molecule has 1 unspecified atom stereocenters. The lowest BCUT2D eigenvalue weighted by atomic mass is 9.97. The number of rotatable bonds is 0. The van der Waals surface area contributed by atoms with Gasteiger partial charge in [0.2, 0.25) is 0 Å². The highest BCUT2D eigenvalue weighted by Gasteiger charge is 2.10. The Labute approximate surface area is 75.1 Å². The summed E-state index contributed by atoms with van der Waals surface area (Å²) in [4.78, 5) is 0.424. The zero-order valence-corrected chi connectivity index (χ0v) is 7.71. The van der Waals surface area contributed by atoms with Crippen molar-refractivity contribution in [1.29, 1.82) is 0 Å². The smallest absolute Gasteiger partial charge is 0.0578 e. The molecule has 0 saturated carbocycles. The van der Waals surface area contributed by atoms with Crippen LogP contribution in [0.1, 0.15) is 16.0 Å². The van der Waals surface area contributed by atoms with E-state index >= 15 is 0 Å². The molecule has 1 aliphatic rings. The Morgan fingerprint density at radius 3 is 2.91 bits per heavy atom. The molecule has 0 aliphatic heterocycles. The van der Waals surface area contributed by atoms with Gasteiger partial charge in [0.25, 0.3) is 0 Å². The molecule has 0 N–H and O–H groups in total. The van der Waals surface area contributed by atoms with Crippen molar-refractivity contribution in [2.75, 3.05) is 0 Å². The molecule has 0 spiro atoms. The Morgan fingerprint density at radius 1 is 1.27 bits per heavy atom. The second-order valence-corrected chi connectivity index (χ2v) is 3.72. The van der Waals surface area contributed by atoms with Crippen molar-refractivity contribution >= 4 is 15.9 Å². The van der Waals surface area contributed by atoms with E-state index in [0.29, 0.717) is 4.83 Å². The summed E-state index contributed by atoms with van der Waals surface area (Å²) in [5.74, 6) is 0. The van der Waals surface area contributed by atoms with Crippen molar-refractivity contribution in [3.05, 3.63) is 47.5 Å². The van der Waals surface area contributed by atoms with Crippen molar-refractivity contribution in [3.63, 3.8) is 0 Å². The van der Waals surface area contributed by atoms with E-state index < -0.39 is 0 Å². The Balaban J connectivity index is 2.50. The SMILES string of the molecule is BrC1C=CCc2ccccc21. The summed E-state index contributed by atoms with van der Waals surface area (Å²) in [6, 6.07) is 8.55. The zero-order chi connectivity index (χ0) is 7.68. The van der Waals surface area contributed by atoms with Crippen LogP contribution in [0.3, 0.4) is 0 Å². The lowest BCUT2D eigenvalue weighted by Gasteiger charge is -2.14. The Hall–Kier alpha value is -0.560. The molecule has 1 aromatic carbocycles. The average Bonchev–Trinajstić information content (AvgIpc) is 2.06. The molecule has 1 atom stereocenters. The fourth-order valence-corrected chi connectivity index (χ4v) is 2.07. The van der Waals surface area contributed by atoms with Crippen LogP contribution in [0.25, 0.3) is 0 Å². The highest BCUT2D eigenvalue weighted by Crippen LogP contribution is 2.30. The molecule has 0 saturated heterocycles. The van der Waals surface area contributed by atoms with Crippen LogP contribution in [-0.4, -0.2) is 0 Å². The molecule has 0 radical (unpaired) electrons. The fourth-order valence-electron chi connectivity index (χ4n) is 1.41. The van der Waals surface area contributed by atoms with Gasteiger partial charge in [0, 0.05) is 0 Å². The molecule has 1 heteroatoms. The molecule has 0 heterocycles. The molecular formula is C10H9Br. The van der Waals surface area contributed by atoms with E-state index in [0.717, 1.165) is 6.42 Å². The number of hydrogen-bond acceptors (Lipinski definition) is 0. The standard InChI is InChI=1S/C10H9Br/c11-10-7-3-5-8-4-1-2-6-9(8)10/h1-4,6-7,10H,5H2. The summed E-state index contributed by atoms with van der Waals surface area (Å²) in [5, 5.41) is 0. The molecule has 0 nitrogen and oxygen atoms in total. The fraction of sp³-hybridized carbons (Fsp3) is 0.200. The highest BCUT2D eigenvalue weighted by atomic mass is 79.9. The number of benzene rings is 1. The molecule has 56 valence electrons. The molecule has 0 aromatic heterocycles. The molecule has 0 fully saturated rings. The Morgan fingerprint density at radius 2 is 2.09 bits per heavy atom. The first kappa shape index (κ1) is 7.11. The van der Waals surface area contributed by atoms with Gasteiger partial charge < -0.3 is 0 Å². The van der Waals surface area contributed by atoms with Gasteiger partial charge in [-0.2, -0.15) is 0 Å². The third kappa shape index (κ3) is 1.25. The topological polar surface area (TPSA) is 0 Å². The van der Waals surface area contributed by atoms with Crippen LogP contribution < -0.4 is 0 Å². The second-order valence-electron chi connectivity index (χ2n) is 2.73. The predicted molar refractivity (Wildman–Crippen MR) is 51.0 cm³/mol. The summed E-state index contributed by atoms with van der Waals surface area (Å²) in [5.41, 5.74) is 2.85. The number of allylic oxidation sites excluding steroid dienone is 2. The van der Waals surface area contributed by atoms with Gasteiger partial charge >= 0.3 is 0 Å². The van der Waals surface area contributed by atoms with Gasteiger partial charge in [-0.05, 0) is 17.5 Å². The van der Waals surface area contributed by atoms with Crippen LogP contribution in [0.5, 0.6) is 0 Å². The van der Waals surface area contributed by atoms with Gasteiger partial charge in [0.05, 0.1) is 4.83 Å². The molecular weight excluding hydrogens is 200 g/mol. The van der Waals surface area contributed by atoms with Gasteiger partial charge in [-0.1, -0.05) is 52.3 Å². The number of alkyl halides is 1. The predicted octanol–water partition coefficient (Wildman–Crippen LogP) is 3.23. The molecule has 1 aromatic rings. The van der Waals surface area contributed by atoms with Crippen molar-refractivity contribution in [2.24, 2.45) is 0 Å². The summed E-state index contributed by atoms with van der Waals surface area (Å²) in [7, 11) is 0. The quantitative estimate of drug-likeness (QED) is 0.454. The number of fused-ring (bicyclic) bond motifs is 1. The minimum Gasteiger partial charge on any atom is -0.0827 e. The van der Waals surface area contributed by atoms with Crippen molar-refractivity contribution in [2.45, 2.75) is 11.2 Å². The maximum atomic E-state index is 3.60. The highest BCUT2D eigenvalue weighted by molar-refractivity contribution is 9.09. The largest absolute Gasteiger partial charge is 0.0827 e. The van der Waals surface area contributed by atoms with Crippen LogP contribution >= 0.6 is 15.9 Å². The lowest BCUT2D eigenvalue weighted by molar-refractivity contribution is 1.08. The van der Waals surface area contributed by atoms with Crippen LogP contribution in [0.15, 0.2) is 36.4 Å². The Kier molecular flexibility index (Phi) is 1.82. The minimum atomic E-state index is 0.424. The van der Waals surface area contributed by atoms with Gasteiger partial charge in [0.1, 0.15) is 0 Å². The van der Waals surface area contributed by atoms with E-state index in [2.05, 4.69) is 52.3 Å². The van der Waals surface area contributed by atoms with Gasteiger partial charge in [-0.25, -0.2) is 0 Å². The van der Waals surface area contributed by atoms with E-state index in [-0.39, 0.29) is 0 Å². The first-order chi connectivity index (χ1) is 5.38. The van der Waals surface area contributed by atoms with Crippen molar-refractivity contribution < 1.29 is 0 Å². The molecule has 0 amide bonds. The molecule has 2 rings (SSSR count). The van der Waals surface area contributed by atoms with Gasteiger partial charge in [0.15, 0.2) is 0 Å². The summed E-state index contributed by atoms with van der Waals surface area (Å²) >= 11 is 3.60.